The number of benzene rings is 1. The maximum atomic E-state index is 10.9. The first-order chi connectivity index (χ1) is 7.18. The maximum Gasteiger partial charge on any atom is 0.337 e. The lowest BCUT2D eigenvalue weighted by molar-refractivity contribution is 0.0697. The van der Waals surface area contributed by atoms with Crippen molar-refractivity contribution in [3.8, 4) is 0 Å². The Morgan fingerprint density at radius 3 is 2.60 bits per heavy atom. The number of rotatable bonds is 2. The molecule has 0 radical (unpaired) electrons. The molecule has 0 fully saturated rings. The number of hydrogen-bond donors (Lipinski definition) is 1. The molecule has 0 unspecified atom stereocenters. The third-order valence-corrected chi connectivity index (χ3v) is 2.69. The standard InChI is InChI=1S/C11H10ClNO2/c12-10-4-3-8(7-9(10)11(14)15)13-5-1-2-6-13/h1-4,7H,5-6H2,(H,14,15). The van der Waals surface area contributed by atoms with Crippen LogP contribution in [0.5, 0.6) is 0 Å². The van der Waals surface area contributed by atoms with Gasteiger partial charge in [-0.1, -0.05) is 23.8 Å². The van der Waals surface area contributed by atoms with Gasteiger partial charge in [0.05, 0.1) is 10.6 Å². The average molecular weight is 224 g/mol. The second-order valence-corrected chi connectivity index (χ2v) is 3.75. The van der Waals surface area contributed by atoms with Crippen LogP contribution in [0.4, 0.5) is 5.69 Å². The summed E-state index contributed by atoms with van der Waals surface area (Å²) in [6.45, 7) is 1.64. The minimum absolute atomic E-state index is 0.154. The van der Waals surface area contributed by atoms with Crippen LogP contribution in [0.25, 0.3) is 0 Å². The van der Waals surface area contributed by atoms with E-state index in [2.05, 4.69) is 17.1 Å². The average Bonchev–Trinajstić information content (AvgIpc) is 2.71. The molecule has 1 aliphatic rings. The molecule has 0 saturated carbocycles. The Bertz CT molecular complexity index is 421. The number of anilines is 1. The highest BCUT2D eigenvalue weighted by molar-refractivity contribution is 6.33. The number of hydrogen-bond acceptors (Lipinski definition) is 2. The largest absolute Gasteiger partial charge is 0.478 e. The van der Waals surface area contributed by atoms with Crippen LogP contribution in [-0.4, -0.2) is 24.2 Å². The van der Waals surface area contributed by atoms with Crippen molar-refractivity contribution < 1.29 is 9.90 Å². The van der Waals surface area contributed by atoms with Crippen LogP contribution in [0.3, 0.4) is 0 Å². The van der Waals surface area contributed by atoms with Crippen molar-refractivity contribution in [3.05, 3.63) is 40.9 Å². The summed E-state index contributed by atoms with van der Waals surface area (Å²) >= 11 is 5.78. The predicted octanol–water partition coefficient (Wildman–Crippen LogP) is 2.41. The summed E-state index contributed by atoms with van der Waals surface area (Å²) in [6, 6.07) is 5.07. The van der Waals surface area contributed by atoms with Gasteiger partial charge in [-0.05, 0) is 18.2 Å². The summed E-state index contributed by atoms with van der Waals surface area (Å²) in [5.74, 6) is -0.992. The normalized spacial score (nSPS) is 14.6. The van der Waals surface area contributed by atoms with Gasteiger partial charge >= 0.3 is 5.97 Å². The van der Waals surface area contributed by atoms with Crippen molar-refractivity contribution in [2.24, 2.45) is 0 Å². The molecule has 1 aliphatic heterocycles. The zero-order valence-corrected chi connectivity index (χ0v) is 8.74. The Morgan fingerprint density at radius 1 is 1.33 bits per heavy atom. The lowest BCUT2D eigenvalue weighted by atomic mass is 10.2. The topological polar surface area (TPSA) is 40.5 Å². The van der Waals surface area contributed by atoms with Gasteiger partial charge < -0.3 is 10.0 Å². The van der Waals surface area contributed by atoms with Gasteiger partial charge in [0, 0.05) is 18.8 Å². The first-order valence-corrected chi connectivity index (χ1v) is 4.99. The van der Waals surface area contributed by atoms with Crippen LogP contribution in [0.2, 0.25) is 5.02 Å². The summed E-state index contributed by atoms with van der Waals surface area (Å²) in [4.78, 5) is 12.9. The van der Waals surface area contributed by atoms with Gasteiger partial charge in [0.2, 0.25) is 0 Å². The van der Waals surface area contributed by atoms with Gasteiger partial charge in [-0.2, -0.15) is 0 Å². The molecule has 3 nitrogen and oxygen atoms in total. The zero-order valence-electron chi connectivity index (χ0n) is 7.98. The van der Waals surface area contributed by atoms with Crippen molar-refractivity contribution >= 4 is 23.3 Å². The van der Waals surface area contributed by atoms with Crippen LogP contribution in [0.1, 0.15) is 10.4 Å². The Labute approximate surface area is 92.6 Å². The molecular formula is C11H10ClNO2. The van der Waals surface area contributed by atoms with Crippen molar-refractivity contribution in [2.75, 3.05) is 18.0 Å². The van der Waals surface area contributed by atoms with Crippen LogP contribution < -0.4 is 4.90 Å². The van der Waals surface area contributed by atoms with Crippen LogP contribution in [-0.2, 0) is 0 Å². The molecule has 0 amide bonds. The first-order valence-electron chi connectivity index (χ1n) is 4.61. The van der Waals surface area contributed by atoms with E-state index in [1.54, 1.807) is 12.1 Å². The summed E-state index contributed by atoms with van der Waals surface area (Å²) in [5.41, 5.74) is 1.04. The Hall–Kier alpha value is -1.48. The number of carboxylic acid groups (broad SMARTS) is 1. The minimum atomic E-state index is -0.992. The molecule has 4 heteroatoms. The summed E-state index contributed by atoms with van der Waals surface area (Å²) in [5, 5.41) is 9.19. The quantitative estimate of drug-likeness (QED) is 0.783. The zero-order chi connectivity index (χ0) is 10.8. The molecule has 15 heavy (non-hydrogen) atoms. The van der Waals surface area contributed by atoms with Gasteiger partial charge in [-0.15, -0.1) is 0 Å². The molecule has 0 saturated heterocycles. The summed E-state index contributed by atoms with van der Waals surface area (Å²) in [6.07, 6.45) is 4.10. The molecule has 0 spiro atoms. The van der Waals surface area contributed by atoms with Gasteiger partial charge in [-0.25, -0.2) is 4.79 Å². The lowest BCUT2D eigenvalue weighted by Gasteiger charge is -2.18. The van der Waals surface area contributed by atoms with E-state index in [9.17, 15) is 4.79 Å². The van der Waals surface area contributed by atoms with E-state index in [1.807, 2.05) is 6.07 Å². The van der Waals surface area contributed by atoms with Crippen molar-refractivity contribution in [2.45, 2.75) is 0 Å². The maximum absolute atomic E-state index is 10.9. The molecule has 0 aliphatic carbocycles. The van der Waals surface area contributed by atoms with Crippen LogP contribution >= 0.6 is 11.6 Å². The van der Waals surface area contributed by atoms with Gasteiger partial charge in [0.1, 0.15) is 0 Å². The molecule has 1 N–H and O–H groups in total. The lowest BCUT2D eigenvalue weighted by Crippen LogP contribution is -2.18. The van der Waals surface area contributed by atoms with Crippen molar-refractivity contribution in [1.29, 1.82) is 0 Å². The molecule has 2 rings (SSSR count). The highest BCUT2D eigenvalue weighted by atomic mass is 35.5. The first kappa shape index (κ1) is 10.1. The third kappa shape index (κ3) is 1.97. The number of aromatic carboxylic acids is 1. The highest BCUT2D eigenvalue weighted by Gasteiger charge is 2.13. The fourth-order valence-corrected chi connectivity index (χ4v) is 1.76. The van der Waals surface area contributed by atoms with E-state index in [0.29, 0.717) is 0 Å². The second kappa shape index (κ2) is 3.95. The number of halogens is 1. The molecule has 0 aromatic heterocycles. The van der Waals surface area contributed by atoms with E-state index < -0.39 is 5.97 Å². The fourth-order valence-electron chi connectivity index (χ4n) is 1.56. The van der Waals surface area contributed by atoms with E-state index >= 15 is 0 Å². The van der Waals surface area contributed by atoms with Crippen molar-refractivity contribution in [3.63, 3.8) is 0 Å². The Balaban J connectivity index is 2.33. The van der Waals surface area contributed by atoms with Crippen LogP contribution in [0.15, 0.2) is 30.4 Å². The Morgan fingerprint density at radius 2 is 2.00 bits per heavy atom. The number of nitrogens with zero attached hydrogens (tertiary/aromatic N) is 1. The van der Waals surface area contributed by atoms with E-state index in [1.165, 1.54) is 0 Å². The van der Waals surface area contributed by atoms with Gasteiger partial charge in [0.25, 0.3) is 0 Å². The van der Waals surface area contributed by atoms with Gasteiger partial charge in [-0.3, -0.25) is 0 Å². The Kier molecular flexibility index (Phi) is 2.64. The van der Waals surface area contributed by atoms with Crippen LogP contribution in [0, 0.1) is 0 Å². The molecule has 78 valence electrons. The number of carbonyl (C=O) groups is 1. The van der Waals surface area contributed by atoms with E-state index in [0.717, 1.165) is 18.8 Å². The summed E-state index contributed by atoms with van der Waals surface area (Å²) in [7, 11) is 0. The molecule has 1 aromatic carbocycles. The molecule has 0 bridgehead atoms. The SMILES string of the molecule is O=C(O)c1cc(N2CC=CC2)ccc1Cl. The molecule has 0 atom stereocenters. The molecule has 1 aromatic rings. The van der Waals surface area contributed by atoms with E-state index in [-0.39, 0.29) is 10.6 Å². The number of carboxylic acids is 1. The fraction of sp³-hybridized carbons (Fsp3) is 0.182. The van der Waals surface area contributed by atoms with Gasteiger partial charge in [0.15, 0.2) is 0 Å². The van der Waals surface area contributed by atoms with Crippen molar-refractivity contribution in [1.82, 2.24) is 0 Å². The summed E-state index contributed by atoms with van der Waals surface area (Å²) < 4.78 is 0. The minimum Gasteiger partial charge on any atom is -0.478 e. The molecular weight excluding hydrogens is 214 g/mol. The van der Waals surface area contributed by atoms with E-state index in [4.69, 9.17) is 16.7 Å². The molecule has 1 heterocycles. The predicted molar refractivity (Wildman–Crippen MR) is 59.8 cm³/mol. The third-order valence-electron chi connectivity index (χ3n) is 2.36. The monoisotopic (exact) mass is 223 g/mol. The second-order valence-electron chi connectivity index (χ2n) is 3.35. The highest BCUT2D eigenvalue weighted by Crippen LogP contribution is 2.24. The smallest absolute Gasteiger partial charge is 0.337 e.